The van der Waals surface area contributed by atoms with Crippen molar-refractivity contribution in [3.05, 3.63) is 23.9 Å². The van der Waals surface area contributed by atoms with Crippen LogP contribution in [0.2, 0.25) is 0 Å². The summed E-state index contributed by atoms with van der Waals surface area (Å²) in [5.74, 6) is 0.00452. The molecule has 0 atom stereocenters. The van der Waals surface area contributed by atoms with Crippen LogP contribution >= 0.6 is 11.8 Å². The van der Waals surface area contributed by atoms with Crippen LogP contribution in [0.4, 0.5) is 0 Å². The van der Waals surface area contributed by atoms with E-state index in [2.05, 4.69) is 11.9 Å². The van der Waals surface area contributed by atoms with Gasteiger partial charge < -0.3 is 19.9 Å². The lowest BCUT2D eigenvalue weighted by molar-refractivity contribution is -0.121. The first kappa shape index (κ1) is 23.2. The molecule has 0 aromatic carbocycles. The number of amides is 1. The highest BCUT2D eigenvalue weighted by molar-refractivity contribution is 8.01. The van der Waals surface area contributed by atoms with Crippen LogP contribution in [0.25, 0.3) is 0 Å². The van der Waals surface area contributed by atoms with Crippen LogP contribution in [0, 0.1) is 5.41 Å². The summed E-state index contributed by atoms with van der Waals surface area (Å²) in [5, 5.41) is 12.3. The van der Waals surface area contributed by atoms with Crippen molar-refractivity contribution in [2.75, 3.05) is 33.0 Å². The molecule has 0 saturated carbocycles. The average molecular weight is 386 g/mol. The van der Waals surface area contributed by atoms with Crippen LogP contribution in [-0.4, -0.2) is 54.0 Å². The number of thioether (sulfide) groups is 1. The molecular weight excluding hydrogens is 350 g/mol. The largest absolute Gasteiger partial charge is 0.394 e. The van der Waals surface area contributed by atoms with Crippen molar-refractivity contribution in [3.63, 3.8) is 0 Å². The lowest BCUT2D eigenvalue weighted by Gasteiger charge is -2.31. The standard InChI is InChI=1S/C20H35NO4S/c1-15(19(3,4)14-25-12-9-22)13-16(2)21-18(23)20(5,6)26-17-7-10-24-11-8-17/h13,17,22H,1,7-12,14H2,2-6H3,(H,21,23)/b16-13+. The van der Waals surface area contributed by atoms with Gasteiger partial charge >= 0.3 is 0 Å². The molecule has 0 unspecified atom stereocenters. The molecule has 0 aromatic rings. The zero-order valence-electron chi connectivity index (χ0n) is 16.9. The van der Waals surface area contributed by atoms with Crippen molar-refractivity contribution >= 4 is 17.7 Å². The van der Waals surface area contributed by atoms with Gasteiger partial charge in [-0.15, -0.1) is 11.8 Å². The molecule has 0 radical (unpaired) electrons. The van der Waals surface area contributed by atoms with E-state index in [1.165, 1.54) is 0 Å². The van der Waals surface area contributed by atoms with E-state index in [1.807, 2.05) is 40.7 Å². The fraction of sp³-hybridized carbons (Fsp3) is 0.750. The molecule has 1 heterocycles. The van der Waals surface area contributed by atoms with Gasteiger partial charge in [0.15, 0.2) is 0 Å². The summed E-state index contributed by atoms with van der Waals surface area (Å²) < 4.78 is 10.3. The number of ether oxygens (including phenoxy) is 2. The lowest BCUT2D eigenvalue weighted by Crippen LogP contribution is -2.41. The molecule has 0 aliphatic carbocycles. The van der Waals surface area contributed by atoms with E-state index in [4.69, 9.17) is 14.6 Å². The van der Waals surface area contributed by atoms with Crippen molar-refractivity contribution in [2.45, 2.75) is 57.5 Å². The Balaban J connectivity index is 2.60. The Morgan fingerprint density at radius 3 is 2.54 bits per heavy atom. The highest BCUT2D eigenvalue weighted by Gasteiger charge is 2.32. The normalized spacial score (nSPS) is 17.2. The first-order chi connectivity index (χ1) is 12.1. The van der Waals surface area contributed by atoms with Gasteiger partial charge in [0.05, 0.1) is 24.6 Å². The summed E-state index contributed by atoms with van der Waals surface area (Å²) in [6, 6.07) is 0. The SMILES string of the molecule is C=C(/C=C(\C)NC(=O)C(C)(C)SC1CCOCC1)C(C)(C)COCCO. The molecule has 2 N–H and O–H groups in total. The summed E-state index contributed by atoms with van der Waals surface area (Å²) in [5.41, 5.74) is 1.38. The van der Waals surface area contributed by atoms with Gasteiger partial charge in [-0.05, 0) is 45.3 Å². The Morgan fingerprint density at radius 1 is 1.35 bits per heavy atom. The molecule has 1 fully saturated rings. The molecule has 1 amide bonds. The highest BCUT2D eigenvalue weighted by Crippen LogP contribution is 2.34. The van der Waals surface area contributed by atoms with Crippen molar-refractivity contribution in [3.8, 4) is 0 Å². The third kappa shape index (κ3) is 7.82. The molecule has 5 nitrogen and oxygen atoms in total. The first-order valence-corrected chi connectivity index (χ1v) is 10.1. The van der Waals surface area contributed by atoms with E-state index in [-0.39, 0.29) is 17.9 Å². The fourth-order valence-corrected chi connectivity index (χ4v) is 3.99. The predicted octanol–water partition coefficient (Wildman–Crippen LogP) is 3.29. The second-order valence-corrected chi connectivity index (χ2v) is 9.83. The number of hydrogen-bond donors (Lipinski definition) is 2. The molecule has 0 spiro atoms. The Labute approximate surface area is 162 Å². The molecule has 0 aromatic heterocycles. The quantitative estimate of drug-likeness (QED) is 0.446. The molecule has 26 heavy (non-hydrogen) atoms. The molecule has 1 aliphatic rings. The number of nitrogens with one attached hydrogen (secondary N) is 1. The third-order valence-electron chi connectivity index (χ3n) is 4.45. The number of aliphatic hydroxyl groups is 1. The molecule has 1 saturated heterocycles. The van der Waals surface area contributed by atoms with E-state index in [0.717, 1.165) is 37.3 Å². The molecule has 6 heteroatoms. The van der Waals surface area contributed by atoms with Crippen LogP contribution in [0.1, 0.15) is 47.5 Å². The van der Waals surface area contributed by atoms with E-state index in [0.29, 0.717) is 18.5 Å². The minimum absolute atomic E-state index is 0.00452. The van der Waals surface area contributed by atoms with Crippen LogP contribution in [0.15, 0.2) is 23.9 Å². The fourth-order valence-electron chi connectivity index (χ4n) is 2.57. The Bertz CT molecular complexity index is 508. The molecular formula is C20H35NO4S. The second-order valence-electron chi connectivity index (χ2n) is 7.91. The maximum atomic E-state index is 12.7. The average Bonchev–Trinajstić information content (AvgIpc) is 2.55. The van der Waals surface area contributed by atoms with Gasteiger partial charge in [-0.25, -0.2) is 0 Å². The zero-order valence-corrected chi connectivity index (χ0v) is 17.7. The molecule has 150 valence electrons. The monoisotopic (exact) mass is 385 g/mol. The number of hydrogen-bond acceptors (Lipinski definition) is 5. The zero-order chi connectivity index (χ0) is 19.8. The molecule has 1 rings (SSSR count). The minimum atomic E-state index is -0.502. The third-order valence-corrected chi connectivity index (χ3v) is 6.03. The van der Waals surface area contributed by atoms with Crippen LogP contribution in [0.3, 0.4) is 0 Å². The second kappa shape index (κ2) is 10.5. The predicted molar refractivity (Wildman–Crippen MR) is 108 cm³/mol. The van der Waals surface area contributed by atoms with Gasteiger partial charge in [-0.1, -0.05) is 20.4 Å². The lowest BCUT2D eigenvalue weighted by atomic mass is 9.85. The van der Waals surface area contributed by atoms with Crippen LogP contribution in [-0.2, 0) is 14.3 Å². The summed E-state index contributed by atoms with van der Waals surface area (Å²) in [7, 11) is 0. The van der Waals surface area contributed by atoms with E-state index >= 15 is 0 Å². The van der Waals surface area contributed by atoms with Gasteiger partial charge in [0.25, 0.3) is 0 Å². The highest BCUT2D eigenvalue weighted by atomic mass is 32.2. The van der Waals surface area contributed by atoms with Gasteiger partial charge in [-0.2, -0.15) is 0 Å². The van der Waals surface area contributed by atoms with E-state index < -0.39 is 4.75 Å². The summed E-state index contributed by atoms with van der Waals surface area (Å²) in [6.07, 6.45) is 3.89. The van der Waals surface area contributed by atoms with Gasteiger partial charge in [0.2, 0.25) is 5.91 Å². The Morgan fingerprint density at radius 2 is 1.96 bits per heavy atom. The van der Waals surface area contributed by atoms with Crippen molar-refractivity contribution in [1.29, 1.82) is 0 Å². The van der Waals surface area contributed by atoms with Crippen molar-refractivity contribution in [1.82, 2.24) is 5.32 Å². The number of allylic oxidation sites excluding steroid dienone is 2. The minimum Gasteiger partial charge on any atom is -0.394 e. The molecule has 0 bridgehead atoms. The number of rotatable bonds is 10. The number of carbonyl (C=O) groups excluding carboxylic acids is 1. The summed E-state index contributed by atoms with van der Waals surface area (Å²) in [4.78, 5) is 12.7. The summed E-state index contributed by atoms with van der Waals surface area (Å²) >= 11 is 1.73. The van der Waals surface area contributed by atoms with Crippen LogP contribution in [0.5, 0.6) is 0 Å². The van der Waals surface area contributed by atoms with E-state index in [9.17, 15) is 4.79 Å². The number of carbonyl (C=O) groups is 1. The van der Waals surface area contributed by atoms with Crippen molar-refractivity contribution in [2.24, 2.45) is 5.41 Å². The Kier molecular flexibility index (Phi) is 9.38. The summed E-state index contributed by atoms with van der Waals surface area (Å²) in [6.45, 7) is 16.3. The molecule has 1 aliphatic heterocycles. The van der Waals surface area contributed by atoms with E-state index in [1.54, 1.807) is 11.8 Å². The van der Waals surface area contributed by atoms with Gasteiger partial charge in [0.1, 0.15) is 0 Å². The maximum absolute atomic E-state index is 12.7. The Hall–Kier alpha value is -0.820. The van der Waals surface area contributed by atoms with Gasteiger partial charge in [-0.3, -0.25) is 4.79 Å². The van der Waals surface area contributed by atoms with Gasteiger partial charge in [0, 0.05) is 29.6 Å². The topological polar surface area (TPSA) is 67.8 Å². The first-order valence-electron chi connectivity index (χ1n) is 9.22. The number of aliphatic hydroxyl groups excluding tert-OH is 1. The maximum Gasteiger partial charge on any atom is 0.239 e. The van der Waals surface area contributed by atoms with Crippen molar-refractivity contribution < 1.29 is 19.4 Å². The smallest absolute Gasteiger partial charge is 0.239 e. The van der Waals surface area contributed by atoms with Crippen LogP contribution < -0.4 is 5.32 Å².